The Labute approximate surface area is 110 Å². The summed E-state index contributed by atoms with van der Waals surface area (Å²) in [5.41, 5.74) is 5.87. The highest BCUT2D eigenvalue weighted by Crippen LogP contribution is 2.11. The van der Waals surface area contributed by atoms with E-state index in [2.05, 4.69) is 25.2 Å². The van der Waals surface area contributed by atoms with Crippen LogP contribution in [0.4, 0.5) is 0 Å². The maximum Gasteiger partial charge on any atom is 0.192 e. The highest BCUT2D eigenvalue weighted by Gasteiger charge is 2.17. The van der Waals surface area contributed by atoms with Gasteiger partial charge in [-0.3, -0.25) is 0 Å². The molecule has 0 bridgehead atoms. The lowest BCUT2D eigenvalue weighted by atomic mass is 10.3. The van der Waals surface area contributed by atoms with E-state index in [0.717, 1.165) is 12.2 Å². The molecule has 0 aliphatic carbocycles. The van der Waals surface area contributed by atoms with E-state index >= 15 is 0 Å². The fourth-order valence-electron chi connectivity index (χ4n) is 1.65. The molecule has 19 heavy (non-hydrogen) atoms. The molecule has 100 valence electrons. The van der Waals surface area contributed by atoms with E-state index in [0.29, 0.717) is 18.1 Å². The van der Waals surface area contributed by atoms with Crippen LogP contribution < -0.4 is 5.73 Å². The zero-order valence-corrected chi connectivity index (χ0v) is 10.8. The molecular formula is C11H15N7O. The van der Waals surface area contributed by atoms with Crippen LogP contribution in [0.3, 0.4) is 0 Å². The van der Waals surface area contributed by atoms with E-state index < -0.39 is 0 Å². The van der Waals surface area contributed by atoms with E-state index in [1.807, 2.05) is 13.8 Å². The number of hydrogen-bond donors (Lipinski definition) is 2. The maximum absolute atomic E-state index is 8.79. The number of amidine groups is 1. The molecule has 0 aromatic carbocycles. The Bertz CT molecular complexity index is 605. The number of rotatable bonds is 4. The van der Waals surface area contributed by atoms with Gasteiger partial charge in [-0.2, -0.15) is 4.68 Å². The Hall–Kier alpha value is -2.51. The fraction of sp³-hybridized carbons (Fsp3) is 0.364. The number of nitrogens with zero attached hydrogens (tertiary/aromatic N) is 6. The molecule has 8 nitrogen and oxygen atoms in total. The molecule has 8 heteroatoms. The molecule has 0 amide bonds. The zero-order valence-electron chi connectivity index (χ0n) is 10.8. The molecule has 0 radical (unpaired) electrons. The highest BCUT2D eigenvalue weighted by atomic mass is 16.4. The van der Waals surface area contributed by atoms with Gasteiger partial charge < -0.3 is 10.9 Å². The summed E-state index contributed by atoms with van der Waals surface area (Å²) in [7, 11) is 0. The van der Waals surface area contributed by atoms with Gasteiger partial charge in [-0.1, -0.05) is 19.0 Å². The second-order valence-corrected chi connectivity index (χ2v) is 3.78. The van der Waals surface area contributed by atoms with Crippen LogP contribution in [0.15, 0.2) is 17.5 Å². The van der Waals surface area contributed by atoms with Crippen molar-refractivity contribution in [2.75, 3.05) is 0 Å². The van der Waals surface area contributed by atoms with Crippen molar-refractivity contribution in [1.82, 2.24) is 24.7 Å². The Morgan fingerprint density at radius 1 is 1.32 bits per heavy atom. The number of hydrogen-bond acceptors (Lipinski definition) is 6. The predicted octanol–water partition coefficient (Wildman–Crippen LogP) is 0.277. The van der Waals surface area contributed by atoms with Gasteiger partial charge in [0.15, 0.2) is 23.2 Å². The van der Waals surface area contributed by atoms with Crippen molar-refractivity contribution in [2.45, 2.75) is 26.7 Å². The summed E-state index contributed by atoms with van der Waals surface area (Å²) in [4.78, 5) is 12.7. The minimum atomic E-state index is -0.112. The number of oxime groups is 1. The van der Waals surface area contributed by atoms with Crippen LogP contribution in [0.2, 0.25) is 0 Å². The SMILES string of the molecule is CCc1nc(CC)n(-c2nccnc2C(N)=NO)n1. The molecule has 2 aromatic heterocycles. The topological polar surface area (TPSA) is 115 Å². The van der Waals surface area contributed by atoms with E-state index in [1.165, 1.54) is 12.4 Å². The lowest BCUT2D eigenvalue weighted by molar-refractivity contribution is 0.318. The smallest absolute Gasteiger partial charge is 0.192 e. The second-order valence-electron chi connectivity index (χ2n) is 3.78. The normalized spacial score (nSPS) is 11.8. The first-order valence-electron chi connectivity index (χ1n) is 5.95. The molecule has 2 rings (SSSR count). The van der Waals surface area contributed by atoms with Crippen molar-refractivity contribution in [3.05, 3.63) is 29.7 Å². The lowest BCUT2D eigenvalue weighted by Crippen LogP contribution is -2.20. The van der Waals surface area contributed by atoms with Gasteiger partial charge in [0.25, 0.3) is 0 Å². The molecule has 0 aliphatic heterocycles. The first-order chi connectivity index (χ1) is 9.21. The second kappa shape index (κ2) is 5.42. The minimum Gasteiger partial charge on any atom is -0.409 e. The molecule has 0 unspecified atom stereocenters. The van der Waals surface area contributed by atoms with Crippen molar-refractivity contribution < 1.29 is 5.21 Å². The molecule has 0 fully saturated rings. The summed E-state index contributed by atoms with van der Waals surface area (Å²) >= 11 is 0. The van der Waals surface area contributed by atoms with E-state index in [4.69, 9.17) is 10.9 Å². The zero-order chi connectivity index (χ0) is 13.8. The van der Waals surface area contributed by atoms with Crippen molar-refractivity contribution >= 4 is 5.84 Å². The molecule has 2 aromatic rings. The van der Waals surface area contributed by atoms with Crippen LogP contribution >= 0.6 is 0 Å². The molecule has 0 aliphatic rings. The van der Waals surface area contributed by atoms with Gasteiger partial charge in [-0.05, 0) is 0 Å². The number of aryl methyl sites for hydroxylation is 2. The average Bonchev–Trinajstić information content (AvgIpc) is 2.89. The summed E-state index contributed by atoms with van der Waals surface area (Å²) in [5, 5.41) is 16.1. The molecule has 0 saturated heterocycles. The molecule has 0 spiro atoms. The fourth-order valence-corrected chi connectivity index (χ4v) is 1.65. The molecule has 0 atom stereocenters. The predicted molar refractivity (Wildman–Crippen MR) is 68.2 cm³/mol. The van der Waals surface area contributed by atoms with Gasteiger partial charge in [0.05, 0.1) is 0 Å². The molecule has 2 heterocycles. The number of aromatic nitrogens is 5. The van der Waals surface area contributed by atoms with Crippen molar-refractivity contribution in [3.8, 4) is 5.82 Å². The van der Waals surface area contributed by atoms with Crippen molar-refractivity contribution in [3.63, 3.8) is 0 Å². The van der Waals surface area contributed by atoms with E-state index in [-0.39, 0.29) is 11.5 Å². The molecule has 0 saturated carbocycles. The molecular weight excluding hydrogens is 246 g/mol. The first-order valence-corrected chi connectivity index (χ1v) is 5.95. The maximum atomic E-state index is 8.79. The number of nitrogens with two attached hydrogens (primary N) is 1. The quantitative estimate of drug-likeness (QED) is 0.353. The lowest BCUT2D eigenvalue weighted by Gasteiger charge is -2.07. The molecule has 3 N–H and O–H groups in total. The largest absolute Gasteiger partial charge is 0.409 e. The third kappa shape index (κ3) is 2.37. The van der Waals surface area contributed by atoms with Gasteiger partial charge >= 0.3 is 0 Å². The van der Waals surface area contributed by atoms with E-state index in [1.54, 1.807) is 4.68 Å². The minimum absolute atomic E-state index is 0.112. The van der Waals surface area contributed by atoms with E-state index in [9.17, 15) is 0 Å². The van der Waals surface area contributed by atoms with Crippen molar-refractivity contribution in [1.29, 1.82) is 0 Å². The van der Waals surface area contributed by atoms with Gasteiger partial charge in [-0.25, -0.2) is 15.0 Å². The summed E-state index contributed by atoms with van der Waals surface area (Å²) in [6.45, 7) is 3.94. The van der Waals surface area contributed by atoms with Gasteiger partial charge in [-0.15, -0.1) is 5.10 Å². The standard InChI is InChI=1S/C11H15N7O/c1-3-7-15-8(4-2)18(16-7)11-9(10(12)17-19)13-5-6-14-11/h5-6,19H,3-4H2,1-2H3,(H2,12,17). The van der Waals surface area contributed by atoms with Crippen LogP contribution in [0.1, 0.15) is 31.2 Å². The van der Waals surface area contributed by atoms with Crippen LogP contribution in [-0.2, 0) is 12.8 Å². The Balaban J connectivity index is 2.61. The van der Waals surface area contributed by atoms with Gasteiger partial charge in [0, 0.05) is 25.2 Å². The monoisotopic (exact) mass is 261 g/mol. The first kappa shape index (κ1) is 12.9. The average molecular weight is 261 g/mol. The summed E-state index contributed by atoms with van der Waals surface area (Å²) in [5.74, 6) is 1.76. The van der Waals surface area contributed by atoms with Crippen LogP contribution in [0, 0.1) is 0 Å². The van der Waals surface area contributed by atoms with Gasteiger partial charge in [0.2, 0.25) is 0 Å². The Morgan fingerprint density at radius 3 is 2.68 bits per heavy atom. The summed E-state index contributed by atoms with van der Waals surface area (Å²) in [6, 6.07) is 0. The van der Waals surface area contributed by atoms with Crippen LogP contribution in [0.25, 0.3) is 5.82 Å². The Morgan fingerprint density at radius 2 is 2.05 bits per heavy atom. The summed E-state index contributed by atoms with van der Waals surface area (Å²) < 4.78 is 1.58. The third-order valence-corrected chi connectivity index (χ3v) is 2.58. The van der Waals surface area contributed by atoms with Gasteiger partial charge in [0.1, 0.15) is 5.82 Å². The Kier molecular flexibility index (Phi) is 3.69. The third-order valence-electron chi connectivity index (χ3n) is 2.58. The highest BCUT2D eigenvalue weighted by molar-refractivity contribution is 5.97. The van der Waals surface area contributed by atoms with Crippen LogP contribution in [0.5, 0.6) is 0 Å². The summed E-state index contributed by atoms with van der Waals surface area (Å²) in [6.07, 6.45) is 4.41. The van der Waals surface area contributed by atoms with Crippen molar-refractivity contribution in [2.24, 2.45) is 10.9 Å². The van der Waals surface area contributed by atoms with Crippen LogP contribution in [-0.4, -0.2) is 35.8 Å².